The van der Waals surface area contributed by atoms with E-state index in [0.29, 0.717) is 21.6 Å². The van der Waals surface area contributed by atoms with Crippen LogP contribution in [0.25, 0.3) is 0 Å². The summed E-state index contributed by atoms with van der Waals surface area (Å²) < 4.78 is 0. The molecule has 2 aliphatic rings. The fourth-order valence-corrected chi connectivity index (χ4v) is 13.0. The number of guanidine groups is 2. The average Bonchev–Trinajstić information content (AvgIpc) is 1.68. The number of rotatable bonds is 37. The van der Waals surface area contributed by atoms with E-state index in [0.717, 1.165) is 5.56 Å². The molecule has 0 bridgehead atoms. The molecule has 7 rings (SSSR count). The maximum absolute atomic E-state index is 14.8. The molecule has 1 aromatic heterocycles. The quantitative estimate of drug-likeness (QED) is 0.00743. The molecule has 0 aliphatic carbocycles. The zero-order valence-corrected chi connectivity index (χ0v) is 67.4. The van der Waals surface area contributed by atoms with Crippen molar-refractivity contribution in [1.82, 2.24) is 90.1 Å². The standard InChI is InChI=1S/C81H109N23O14S/c1-3-54-73(112)102-62(43-50-24-10-6-11-25-50)78(117)98-58(75(114)96-56(31-20-40-88-80(82)83)71(110)91-47-67(106)94-54)29-16-18-38-86-66(105)37-35-60(100-77(116)61(42-49-22-8-5-9-23-49)101-69(108)53-34-36-65(90-45-53)104-93-46-52-28-14-15-33-64(52)119)70(109)87-39-19-17-30-59-76(115)97-57(32-21-41-89-81(84)85)72(111)92-48-68(107)95-55(4-2)74(113)103-63(79(118)99-59)44-51-26-12-7-13-27-51/h5-15,22-28,33-34,36,45-46,54-63,119H,3-4,16-21,29-32,35,37-44,47-48H2,1-2H3,(H,86,105)(H,87,109)(H,90,104)(H,91,110)(H,92,111)(H,94,106)(H,95,107)(H,96,114)(H,97,115)(H,98,117)(H,99,118)(H,100,116)(H,101,108)(H,102,112)(H,103,113)(H4,82,83,88)(H4,84,85,89)/t54-,55-,56-,57-,58-,59-,60?,61?,62+,63+/m0/s1. The summed E-state index contributed by atoms with van der Waals surface area (Å²) in [5.41, 5.74) is 16.5. The van der Waals surface area contributed by atoms with Crippen LogP contribution in [0.4, 0.5) is 5.82 Å². The first kappa shape index (κ1) is 93.1. The molecule has 0 saturated carbocycles. The number of hydrazone groups is 1. The SMILES string of the molecule is CC[C@@H]1NC(=O)CNC(=O)[C@H](CCCNC(=N)N)NC(=O)[C@H](CCCCNC(=O)CCC(NC(=O)C(Cc2ccccc2)NC(=O)c2ccc(NN=Cc3ccccc3S)nc2)C(=O)NCCCC[C@@H]2NC(=O)[C@@H](Cc3ccccc3)NC(=O)[C@H](CC)NC(=O)CNC(=O)[C@H](CCCNC(=N)N)NC2=O)NC(=O)[C@@H](Cc2ccccc2)NC1=O. The number of carbonyl (C=O) groups excluding carboxylic acids is 14. The predicted molar refractivity (Wildman–Crippen MR) is 446 cm³/mol. The van der Waals surface area contributed by atoms with Crippen molar-refractivity contribution in [1.29, 1.82) is 10.8 Å². The van der Waals surface area contributed by atoms with Crippen LogP contribution in [0, 0.1) is 10.8 Å². The topological polar surface area (TPSA) is 568 Å². The molecule has 23 N–H and O–H groups in total. The van der Waals surface area contributed by atoms with Crippen LogP contribution in [-0.2, 0) is 81.6 Å². The fourth-order valence-electron chi connectivity index (χ4n) is 12.7. The Bertz CT molecular complexity index is 4320. The summed E-state index contributed by atoms with van der Waals surface area (Å²) >= 11 is 4.45. The Morgan fingerprint density at radius 2 is 0.891 bits per heavy atom. The van der Waals surface area contributed by atoms with E-state index in [-0.39, 0.29) is 159 Å². The van der Waals surface area contributed by atoms with E-state index in [4.69, 9.17) is 22.3 Å². The van der Waals surface area contributed by atoms with Gasteiger partial charge in [-0.15, -0.1) is 12.6 Å². The molecule has 0 radical (unpaired) electrons. The highest BCUT2D eigenvalue weighted by Crippen LogP contribution is 2.16. The summed E-state index contributed by atoms with van der Waals surface area (Å²) in [6.07, 6.45) is 3.10. The zero-order valence-electron chi connectivity index (χ0n) is 66.5. The van der Waals surface area contributed by atoms with Crippen LogP contribution in [0.3, 0.4) is 0 Å². The first-order valence-electron chi connectivity index (χ1n) is 39.7. The molecule has 2 fully saturated rings. The molecule has 3 heterocycles. The molecule has 2 saturated heterocycles. The third kappa shape index (κ3) is 33.2. The lowest BCUT2D eigenvalue weighted by atomic mass is 10.0. The lowest BCUT2D eigenvalue weighted by Gasteiger charge is -2.26. The van der Waals surface area contributed by atoms with Gasteiger partial charge in [0.05, 0.1) is 24.9 Å². The zero-order chi connectivity index (χ0) is 86.0. The van der Waals surface area contributed by atoms with Crippen molar-refractivity contribution < 1.29 is 67.1 Å². The van der Waals surface area contributed by atoms with Gasteiger partial charge in [0.1, 0.15) is 66.2 Å². The second-order valence-electron chi connectivity index (χ2n) is 28.5. The number of nitrogens with two attached hydrogens (primary N) is 2. The Balaban J connectivity index is 1.10. The number of amides is 14. The minimum atomic E-state index is -1.46. The Labute approximate surface area is 695 Å². The summed E-state index contributed by atoms with van der Waals surface area (Å²) in [5, 5.41) is 62.5. The normalized spacial score (nSPS) is 19.7. The molecular formula is C81H109N23O14S. The van der Waals surface area contributed by atoms with E-state index in [1.54, 1.807) is 117 Å². The highest BCUT2D eigenvalue weighted by molar-refractivity contribution is 7.80. The van der Waals surface area contributed by atoms with Gasteiger partial charge in [-0.05, 0) is 118 Å². The van der Waals surface area contributed by atoms with Crippen molar-refractivity contribution in [3.8, 4) is 0 Å². The summed E-state index contributed by atoms with van der Waals surface area (Å²) in [5.74, 6) is -10.7. The van der Waals surface area contributed by atoms with Gasteiger partial charge in [0, 0.05) is 68.5 Å². The molecule has 14 amide bonds. The van der Waals surface area contributed by atoms with Crippen molar-refractivity contribution in [3.05, 3.63) is 161 Å². The minimum absolute atomic E-state index is 0.00103. The van der Waals surface area contributed by atoms with Gasteiger partial charge >= 0.3 is 0 Å². The molecule has 37 nitrogen and oxygen atoms in total. The lowest BCUT2D eigenvalue weighted by Crippen LogP contribution is -2.58. The second-order valence-corrected chi connectivity index (χ2v) is 29.0. The molecule has 638 valence electrons. The van der Waals surface area contributed by atoms with Crippen LogP contribution in [0.1, 0.15) is 136 Å². The Morgan fingerprint density at radius 1 is 0.471 bits per heavy atom. The molecule has 10 atom stereocenters. The lowest BCUT2D eigenvalue weighted by molar-refractivity contribution is -0.134. The van der Waals surface area contributed by atoms with Crippen LogP contribution in [0.2, 0.25) is 0 Å². The Hall–Kier alpha value is -13.0. The largest absolute Gasteiger partial charge is 0.370 e. The first-order chi connectivity index (χ1) is 57.2. The smallest absolute Gasteiger partial charge is 0.253 e. The number of benzene rings is 4. The van der Waals surface area contributed by atoms with Crippen molar-refractivity contribution in [2.75, 3.05) is 44.7 Å². The highest BCUT2D eigenvalue weighted by atomic mass is 32.1. The van der Waals surface area contributed by atoms with Gasteiger partial charge in [-0.25, -0.2) is 4.98 Å². The van der Waals surface area contributed by atoms with E-state index in [2.05, 4.69) is 113 Å². The van der Waals surface area contributed by atoms with Gasteiger partial charge in [-0.1, -0.05) is 123 Å². The van der Waals surface area contributed by atoms with Gasteiger partial charge in [0.25, 0.3) is 5.91 Å². The van der Waals surface area contributed by atoms with Crippen LogP contribution < -0.4 is 102 Å². The molecule has 119 heavy (non-hydrogen) atoms. The molecule has 0 spiro atoms. The minimum Gasteiger partial charge on any atom is -0.370 e. The second kappa shape index (κ2) is 49.8. The monoisotopic (exact) mass is 1660 g/mol. The van der Waals surface area contributed by atoms with E-state index >= 15 is 0 Å². The van der Waals surface area contributed by atoms with Crippen LogP contribution in [0.15, 0.2) is 144 Å². The number of hydrogen-bond acceptors (Lipinski definition) is 20. The number of thiol groups is 1. The van der Waals surface area contributed by atoms with Crippen LogP contribution >= 0.6 is 12.6 Å². The van der Waals surface area contributed by atoms with Crippen molar-refractivity contribution >= 4 is 119 Å². The molecule has 2 unspecified atom stereocenters. The van der Waals surface area contributed by atoms with Gasteiger partial charge in [-0.2, -0.15) is 5.10 Å². The molecule has 5 aromatic rings. The number of aromatic nitrogens is 1. The summed E-state index contributed by atoms with van der Waals surface area (Å²) in [6, 6.07) is 23.7. The van der Waals surface area contributed by atoms with Gasteiger partial charge in [0.15, 0.2) is 11.9 Å². The fraction of sp³-hybridized carbons (Fsp3) is 0.432. The van der Waals surface area contributed by atoms with Gasteiger partial charge < -0.3 is 96.5 Å². The Morgan fingerprint density at radius 3 is 1.35 bits per heavy atom. The summed E-state index contributed by atoms with van der Waals surface area (Å²) in [4.78, 5) is 202. The highest BCUT2D eigenvalue weighted by Gasteiger charge is 2.36. The summed E-state index contributed by atoms with van der Waals surface area (Å²) in [6.45, 7) is 2.34. The van der Waals surface area contributed by atoms with E-state index in [1.165, 1.54) is 18.3 Å². The van der Waals surface area contributed by atoms with Gasteiger partial charge in [0.2, 0.25) is 76.8 Å². The van der Waals surface area contributed by atoms with Crippen molar-refractivity contribution in [2.24, 2.45) is 16.6 Å². The molecule has 38 heteroatoms. The average molecular weight is 1660 g/mol. The number of carbonyl (C=O) groups is 14. The van der Waals surface area contributed by atoms with E-state index in [9.17, 15) is 67.1 Å². The number of hydrogen-bond donors (Lipinski definition) is 22. The third-order valence-electron chi connectivity index (χ3n) is 19.3. The van der Waals surface area contributed by atoms with Crippen molar-refractivity contribution in [2.45, 2.75) is 188 Å². The summed E-state index contributed by atoms with van der Waals surface area (Å²) in [7, 11) is 0. The number of pyridine rings is 1. The molecule has 2 aliphatic heterocycles. The maximum atomic E-state index is 14.8. The third-order valence-corrected chi connectivity index (χ3v) is 19.7. The first-order valence-corrected chi connectivity index (χ1v) is 40.1. The molecular weight excluding hydrogens is 1550 g/mol. The number of anilines is 1. The maximum Gasteiger partial charge on any atom is 0.253 e. The predicted octanol–water partition coefficient (Wildman–Crippen LogP) is -1.03. The number of nitrogens with one attached hydrogen (secondary N) is 19. The van der Waals surface area contributed by atoms with Crippen molar-refractivity contribution in [3.63, 3.8) is 0 Å². The Kier molecular flexibility index (Phi) is 39.0. The molecule has 4 aromatic carbocycles. The van der Waals surface area contributed by atoms with Crippen LogP contribution in [0.5, 0.6) is 0 Å². The number of nitrogens with zero attached hydrogens (tertiary/aromatic N) is 2. The van der Waals surface area contributed by atoms with E-state index in [1.807, 2.05) is 18.2 Å². The van der Waals surface area contributed by atoms with Gasteiger partial charge in [-0.3, -0.25) is 83.4 Å². The van der Waals surface area contributed by atoms with E-state index < -0.39 is 156 Å². The number of unbranched alkanes of at least 4 members (excludes halogenated alkanes) is 2. The van der Waals surface area contributed by atoms with Crippen LogP contribution in [-0.4, -0.2) is 206 Å².